The third kappa shape index (κ3) is 4.57. The highest BCUT2D eigenvalue weighted by Crippen LogP contribution is 2.36. The summed E-state index contributed by atoms with van der Waals surface area (Å²) in [5.41, 5.74) is -1.47. The van der Waals surface area contributed by atoms with E-state index in [4.69, 9.17) is 4.74 Å². The maximum absolute atomic E-state index is 13.6. The fourth-order valence-electron chi connectivity index (χ4n) is 3.15. The van der Waals surface area contributed by atoms with Gasteiger partial charge in [-0.1, -0.05) is 11.3 Å². The summed E-state index contributed by atoms with van der Waals surface area (Å²) >= 11 is 0.930. The van der Waals surface area contributed by atoms with Crippen molar-refractivity contribution < 1.29 is 35.9 Å². The molecule has 0 bridgehead atoms. The Labute approximate surface area is 159 Å². The van der Waals surface area contributed by atoms with E-state index in [0.29, 0.717) is 9.52 Å². The smallest absolute Gasteiger partial charge is 0.377 e. The van der Waals surface area contributed by atoms with Gasteiger partial charge in [-0.25, -0.2) is 4.98 Å². The number of alkyl halides is 6. The number of imidazole rings is 1. The molecular formula is C15H16F6N4O2S. The first-order chi connectivity index (χ1) is 13.0. The maximum Gasteiger partial charge on any atom is 0.435 e. The summed E-state index contributed by atoms with van der Waals surface area (Å²) in [5.74, 6) is -1.02. The molecule has 0 aromatic carbocycles. The molecular weight excluding hydrogens is 414 g/mol. The molecule has 0 spiro atoms. The number of carbonyl (C=O) groups is 1. The van der Waals surface area contributed by atoms with Crippen molar-refractivity contribution in [2.45, 2.75) is 44.8 Å². The van der Waals surface area contributed by atoms with Gasteiger partial charge in [0, 0.05) is 26.5 Å². The lowest BCUT2D eigenvalue weighted by Gasteiger charge is -2.17. The first kappa shape index (κ1) is 20.8. The van der Waals surface area contributed by atoms with Gasteiger partial charge in [-0.3, -0.25) is 4.79 Å². The number of ether oxygens (including phenoxy) is 1. The summed E-state index contributed by atoms with van der Waals surface area (Å²) in [6, 6.07) is 0. The molecule has 1 amide bonds. The van der Waals surface area contributed by atoms with Crippen LogP contribution in [0.15, 0.2) is 0 Å². The molecule has 3 heterocycles. The first-order valence-electron chi connectivity index (χ1n) is 8.26. The van der Waals surface area contributed by atoms with E-state index in [9.17, 15) is 31.1 Å². The van der Waals surface area contributed by atoms with Crippen molar-refractivity contribution in [3.05, 3.63) is 16.4 Å². The molecule has 3 rings (SSSR count). The summed E-state index contributed by atoms with van der Waals surface area (Å²) in [7, 11) is 1.38. The van der Waals surface area contributed by atoms with Crippen LogP contribution < -0.4 is 0 Å². The van der Waals surface area contributed by atoms with E-state index < -0.39 is 42.8 Å². The van der Waals surface area contributed by atoms with E-state index in [1.807, 2.05) is 0 Å². The number of fused-ring (bicyclic) bond motifs is 1. The molecule has 1 aliphatic rings. The minimum atomic E-state index is -4.76. The second kappa shape index (κ2) is 7.50. The molecule has 0 N–H and O–H groups in total. The van der Waals surface area contributed by atoms with Crippen LogP contribution in [-0.4, -0.2) is 45.2 Å². The van der Waals surface area contributed by atoms with Gasteiger partial charge in [0.05, 0.1) is 18.8 Å². The zero-order valence-corrected chi connectivity index (χ0v) is 15.4. The fourth-order valence-corrected chi connectivity index (χ4v) is 4.04. The van der Waals surface area contributed by atoms with E-state index in [2.05, 4.69) is 10.1 Å². The molecule has 156 valence electrons. The summed E-state index contributed by atoms with van der Waals surface area (Å²) < 4.78 is 83.2. The molecule has 0 unspecified atom stereocenters. The topological polar surface area (TPSA) is 59.7 Å². The third-order valence-electron chi connectivity index (χ3n) is 4.33. The van der Waals surface area contributed by atoms with Crippen LogP contribution >= 0.6 is 11.3 Å². The van der Waals surface area contributed by atoms with Crippen LogP contribution in [0.25, 0.3) is 4.96 Å². The predicted molar refractivity (Wildman–Crippen MR) is 85.4 cm³/mol. The summed E-state index contributed by atoms with van der Waals surface area (Å²) in [4.78, 5) is 17.2. The number of hydrogen-bond acceptors (Lipinski definition) is 5. The first-order valence-corrected chi connectivity index (χ1v) is 9.07. The van der Waals surface area contributed by atoms with Crippen molar-refractivity contribution in [1.82, 2.24) is 19.5 Å². The number of halogens is 6. The van der Waals surface area contributed by atoms with Gasteiger partial charge in [0.15, 0.2) is 5.69 Å². The van der Waals surface area contributed by atoms with Gasteiger partial charge in [0.2, 0.25) is 10.9 Å². The average molecular weight is 430 g/mol. The number of nitrogens with zero attached hydrogens (tertiary/aromatic N) is 4. The molecule has 6 nitrogen and oxygen atoms in total. The number of amides is 1. The minimum Gasteiger partial charge on any atom is -0.377 e. The van der Waals surface area contributed by atoms with Gasteiger partial charge in [-0.05, 0) is 12.3 Å². The Morgan fingerprint density at radius 2 is 1.96 bits per heavy atom. The number of likely N-dealkylation sites (tertiary alicyclic amines) is 1. The molecule has 13 heteroatoms. The second-order valence-corrected chi connectivity index (χ2v) is 7.57. The van der Waals surface area contributed by atoms with Gasteiger partial charge >= 0.3 is 12.4 Å². The zero-order chi connectivity index (χ0) is 20.7. The van der Waals surface area contributed by atoms with Crippen molar-refractivity contribution in [3.8, 4) is 0 Å². The molecule has 28 heavy (non-hydrogen) atoms. The lowest BCUT2D eigenvalue weighted by molar-refractivity contribution is -0.144. The summed E-state index contributed by atoms with van der Waals surface area (Å²) in [6.07, 6.45) is -10.5. The van der Waals surface area contributed by atoms with Crippen LogP contribution in [0.3, 0.4) is 0 Å². The monoisotopic (exact) mass is 430 g/mol. The SMILES string of the molecule is COCc1nn2c(C(F)(F)F)c(CN3C[C@@H](CCC(F)(F)F)CC3=O)nc2s1. The van der Waals surface area contributed by atoms with E-state index in [1.165, 1.54) is 7.11 Å². The number of carbonyl (C=O) groups excluding carboxylic acids is 1. The van der Waals surface area contributed by atoms with Crippen molar-refractivity contribution in [2.75, 3.05) is 13.7 Å². The van der Waals surface area contributed by atoms with E-state index in [0.717, 1.165) is 16.2 Å². The van der Waals surface area contributed by atoms with Crippen LogP contribution in [-0.2, 0) is 28.9 Å². The fraction of sp³-hybridized carbons (Fsp3) is 0.667. The Bertz CT molecular complexity index is 859. The molecule has 1 saturated heterocycles. The Balaban J connectivity index is 1.80. The van der Waals surface area contributed by atoms with Gasteiger partial charge in [-0.15, -0.1) is 0 Å². The Morgan fingerprint density at radius 3 is 2.57 bits per heavy atom. The van der Waals surface area contributed by atoms with Crippen LogP contribution in [0.5, 0.6) is 0 Å². The number of methoxy groups -OCH3 is 1. The third-order valence-corrected chi connectivity index (χ3v) is 5.21. The van der Waals surface area contributed by atoms with Gasteiger partial charge in [0.1, 0.15) is 5.01 Å². The van der Waals surface area contributed by atoms with E-state index in [1.54, 1.807) is 0 Å². The highest BCUT2D eigenvalue weighted by molar-refractivity contribution is 7.16. The van der Waals surface area contributed by atoms with Crippen LogP contribution in [0.4, 0.5) is 26.3 Å². The summed E-state index contributed by atoms with van der Waals surface area (Å²) in [6.45, 7) is -0.419. The molecule has 0 radical (unpaired) electrons. The van der Waals surface area contributed by atoms with Gasteiger partial charge < -0.3 is 9.64 Å². The van der Waals surface area contributed by atoms with Crippen LogP contribution in [0.2, 0.25) is 0 Å². The maximum atomic E-state index is 13.6. The number of rotatable bonds is 6. The average Bonchev–Trinajstić information content (AvgIpc) is 3.17. The second-order valence-electron chi connectivity index (χ2n) is 6.53. The molecule has 1 aliphatic heterocycles. The largest absolute Gasteiger partial charge is 0.435 e. The van der Waals surface area contributed by atoms with Crippen molar-refractivity contribution in [3.63, 3.8) is 0 Å². The normalized spacial score (nSPS) is 18.6. The minimum absolute atomic E-state index is 0.00893. The highest BCUT2D eigenvalue weighted by atomic mass is 32.1. The molecule has 1 atom stereocenters. The van der Waals surface area contributed by atoms with Crippen LogP contribution in [0, 0.1) is 5.92 Å². The Morgan fingerprint density at radius 1 is 1.25 bits per heavy atom. The number of hydrogen-bond donors (Lipinski definition) is 0. The molecule has 2 aromatic rings. The standard InChI is InChI=1S/C15H16F6N4O2S/c1-27-7-10-23-25-12(15(19,20)21)9(22-13(25)28-10)6-24-5-8(4-11(24)26)2-3-14(16,17)18/h8H,2-7H2,1H3/t8-/m0/s1. The molecule has 1 fully saturated rings. The van der Waals surface area contributed by atoms with E-state index in [-0.39, 0.29) is 36.6 Å². The van der Waals surface area contributed by atoms with Gasteiger partial charge in [0.25, 0.3) is 0 Å². The Kier molecular flexibility index (Phi) is 5.58. The lowest BCUT2D eigenvalue weighted by Crippen LogP contribution is -2.27. The zero-order valence-electron chi connectivity index (χ0n) is 14.6. The quantitative estimate of drug-likeness (QED) is 0.657. The van der Waals surface area contributed by atoms with Crippen LogP contribution in [0.1, 0.15) is 35.7 Å². The number of aromatic nitrogens is 3. The molecule has 0 aliphatic carbocycles. The van der Waals surface area contributed by atoms with Crippen molar-refractivity contribution in [2.24, 2.45) is 5.92 Å². The van der Waals surface area contributed by atoms with Gasteiger partial charge in [-0.2, -0.15) is 36.0 Å². The molecule has 2 aromatic heterocycles. The van der Waals surface area contributed by atoms with E-state index >= 15 is 0 Å². The summed E-state index contributed by atoms with van der Waals surface area (Å²) in [5, 5.41) is 4.17. The highest BCUT2D eigenvalue weighted by Gasteiger charge is 2.41. The predicted octanol–water partition coefficient (Wildman–Crippen LogP) is 3.65. The van der Waals surface area contributed by atoms with Crippen molar-refractivity contribution in [1.29, 1.82) is 0 Å². The Hall–Kier alpha value is -1.89. The van der Waals surface area contributed by atoms with Crippen molar-refractivity contribution >= 4 is 22.2 Å². The lowest BCUT2D eigenvalue weighted by atomic mass is 10.0. The molecule has 0 saturated carbocycles.